The molecule has 0 spiro atoms. The normalized spacial score (nSPS) is 31.5. The van der Waals surface area contributed by atoms with Crippen molar-refractivity contribution in [1.82, 2.24) is 5.32 Å². The first-order valence-corrected chi connectivity index (χ1v) is 5.35. The van der Waals surface area contributed by atoms with Gasteiger partial charge in [-0.1, -0.05) is 12.1 Å². The molecule has 2 rings (SSSR count). The predicted molar refractivity (Wildman–Crippen MR) is 58.7 cm³/mol. The second kappa shape index (κ2) is 3.83. The van der Waals surface area contributed by atoms with Gasteiger partial charge in [-0.05, 0) is 44.0 Å². The summed E-state index contributed by atoms with van der Waals surface area (Å²) in [4.78, 5) is 0. The monoisotopic (exact) mass is 207 g/mol. The molecular weight excluding hydrogens is 190 g/mol. The van der Waals surface area contributed by atoms with E-state index in [0.717, 1.165) is 24.9 Å². The Bertz CT molecular complexity index is 336. The van der Waals surface area contributed by atoms with Crippen molar-refractivity contribution in [1.29, 1.82) is 0 Å². The zero-order chi connectivity index (χ0) is 10.9. The van der Waals surface area contributed by atoms with Crippen LogP contribution in [0.3, 0.4) is 0 Å². The summed E-state index contributed by atoms with van der Waals surface area (Å²) in [5, 5.41) is 22.6. The Hall–Kier alpha value is -1.06. The van der Waals surface area contributed by atoms with Crippen molar-refractivity contribution in [3.8, 4) is 5.75 Å². The summed E-state index contributed by atoms with van der Waals surface area (Å²) in [5.41, 5.74) is 0.638. The lowest BCUT2D eigenvalue weighted by Crippen LogP contribution is -2.53. The van der Waals surface area contributed by atoms with Crippen LogP contribution in [0.25, 0.3) is 0 Å². The van der Waals surface area contributed by atoms with Gasteiger partial charge in [0.2, 0.25) is 0 Å². The number of phenols is 1. The van der Waals surface area contributed by atoms with Crippen molar-refractivity contribution in [3.05, 3.63) is 29.8 Å². The Kier molecular flexibility index (Phi) is 2.67. The van der Waals surface area contributed by atoms with E-state index in [0.29, 0.717) is 0 Å². The van der Waals surface area contributed by atoms with Gasteiger partial charge in [0.05, 0.1) is 11.6 Å². The van der Waals surface area contributed by atoms with Crippen LogP contribution in [0.15, 0.2) is 24.3 Å². The molecule has 15 heavy (non-hydrogen) atoms. The topological polar surface area (TPSA) is 52.5 Å². The summed E-state index contributed by atoms with van der Waals surface area (Å²) in [6.07, 6.45) is 1.47. The summed E-state index contributed by atoms with van der Waals surface area (Å²) in [6, 6.07) is 7.03. The van der Waals surface area contributed by atoms with Crippen molar-refractivity contribution in [2.45, 2.75) is 31.4 Å². The van der Waals surface area contributed by atoms with Gasteiger partial charge in [0.1, 0.15) is 5.75 Å². The Morgan fingerprint density at radius 1 is 1.33 bits per heavy atom. The first kappa shape index (κ1) is 10.5. The van der Waals surface area contributed by atoms with Crippen LogP contribution in [0, 0.1) is 0 Å². The third-order valence-electron chi connectivity index (χ3n) is 3.28. The Morgan fingerprint density at radius 3 is 2.60 bits per heavy atom. The van der Waals surface area contributed by atoms with Gasteiger partial charge >= 0.3 is 0 Å². The zero-order valence-electron chi connectivity index (χ0n) is 8.90. The fraction of sp³-hybridized carbons (Fsp3) is 0.500. The van der Waals surface area contributed by atoms with E-state index in [4.69, 9.17) is 0 Å². The molecule has 3 nitrogen and oxygen atoms in total. The number of piperidine rings is 1. The molecule has 0 radical (unpaired) electrons. The molecule has 0 aromatic heterocycles. The largest absolute Gasteiger partial charge is 0.508 e. The highest BCUT2D eigenvalue weighted by molar-refractivity contribution is 5.32. The lowest BCUT2D eigenvalue weighted by Gasteiger charge is -2.40. The lowest BCUT2D eigenvalue weighted by molar-refractivity contribution is 0.0384. The van der Waals surface area contributed by atoms with Crippen LogP contribution in [0.5, 0.6) is 5.75 Å². The van der Waals surface area contributed by atoms with Gasteiger partial charge in [-0.3, -0.25) is 0 Å². The van der Waals surface area contributed by atoms with Crippen LogP contribution in [-0.4, -0.2) is 22.9 Å². The van der Waals surface area contributed by atoms with Gasteiger partial charge in [0.25, 0.3) is 0 Å². The smallest absolute Gasteiger partial charge is 0.115 e. The minimum Gasteiger partial charge on any atom is -0.508 e. The molecule has 3 heteroatoms. The van der Waals surface area contributed by atoms with Crippen molar-refractivity contribution in [3.63, 3.8) is 0 Å². The summed E-state index contributed by atoms with van der Waals surface area (Å²) in [7, 11) is 0. The molecule has 1 fully saturated rings. The third-order valence-corrected chi connectivity index (χ3v) is 3.28. The molecule has 0 saturated carbocycles. The second-order valence-corrected chi connectivity index (χ2v) is 4.33. The van der Waals surface area contributed by atoms with Gasteiger partial charge in [0, 0.05) is 0 Å². The van der Waals surface area contributed by atoms with Crippen LogP contribution in [0.2, 0.25) is 0 Å². The Morgan fingerprint density at radius 2 is 2.00 bits per heavy atom. The van der Waals surface area contributed by atoms with Crippen molar-refractivity contribution < 1.29 is 10.2 Å². The number of hydrogen-bond donors (Lipinski definition) is 3. The van der Waals surface area contributed by atoms with E-state index in [1.807, 2.05) is 19.1 Å². The van der Waals surface area contributed by atoms with Gasteiger partial charge in [-0.15, -0.1) is 0 Å². The fourth-order valence-corrected chi connectivity index (χ4v) is 2.15. The average Bonchev–Trinajstić information content (AvgIpc) is 2.23. The molecule has 0 aliphatic carbocycles. The maximum Gasteiger partial charge on any atom is 0.115 e. The zero-order valence-corrected chi connectivity index (χ0v) is 8.90. The van der Waals surface area contributed by atoms with Gasteiger partial charge < -0.3 is 15.5 Å². The number of aliphatic hydroxyl groups excluding tert-OH is 1. The quantitative estimate of drug-likeness (QED) is 0.651. The molecule has 1 aromatic rings. The second-order valence-electron chi connectivity index (χ2n) is 4.33. The molecule has 0 amide bonds. The maximum atomic E-state index is 10.0. The Balaban J connectivity index is 2.30. The van der Waals surface area contributed by atoms with E-state index in [2.05, 4.69) is 5.32 Å². The van der Waals surface area contributed by atoms with E-state index in [9.17, 15) is 10.2 Å². The summed E-state index contributed by atoms with van der Waals surface area (Å²) in [5.74, 6) is 0.257. The molecule has 1 heterocycles. The predicted octanol–water partition coefficient (Wildman–Crippen LogP) is 1.35. The first-order chi connectivity index (χ1) is 7.13. The maximum absolute atomic E-state index is 10.0. The SMILES string of the molecule is CC1(c2ccc(O)cc2)NCCCC1O. The first-order valence-electron chi connectivity index (χ1n) is 5.35. The summed E-state index contributed by atoms with van der Waals surface area (Å²) < 4.78 is 0. The number of aromatic hydroxyl groups is 1. The molecule has 1 aliphatic heterocycles. The van der Waals surface area contributed by atoms with E-state index < -0.39 is 0 Å². The molecular formula is C12H17NO2. The van der Waals surface area contributed by atoms with E-state index in [1.165, 1.54) is 0 Å². The van der Waals surface area contributed by atoms with Crippen LogP contribution in [0.4, 0.5) is 0 Å². The highest BCUT2D eigenvalue weighted by atomic mass is 16.3. The number of nitrogens with one attached hydrogen (secondary N) is 1. The standard InChI is InChI=1S/C12H17NO2/c1-12(11(15)3-2-8-13-12)9-4-6-10(14)7-5-9/h4-7,11,13-15H,2-3,8H2,1H3. The molecule has 1 aromatic carbocycles. The van der Waals surface area contributed by atoms with Gasteiger partial charge in [0.15, 0.2) is 0 Å². The molecule has 2 unspecified atom stereocenters. The summed E-state index contributed by atoms with van der Waals surface area (Å²) in [6.45, 7) is 2.93. The minimum absolute atomic E-state index is 0.257. The third kappa shape index (κ3) is 1.85. The minimum atomic E-state index is -0.383. The fourth-order valence-electron chi connectivity index (χ4n) is 2.15. The number of aliphatic hydroxyl groups is 1. The molecule has 3 N–H and O–H groups in total. The molecule has 0 bridgehead atoms. The van der Waals surface area contributed by atoms with Crippen LogP contribution < -0.4 is 5.32 Å². The molecule has 1 aliphatic rings. The van der Waals surface area contributed by atoms with E-state index >= 15 is 0 Å². The lowest BCUT2D eigenvalue weighted by atomic mass is 9.81. The number of hydrogen-bond acceptors (Lipinski definition) is 3. The number of phenolic OH excluding ortho intramolecular Hbond substituents is 1. The van der Waals surface area contributed by atoms with Crippen molar-refractivity contribution >= 4 is 0 Å². The van der Waals surface area contributed by atoms with Crippen LogP contribution in [0.1, 0.15) is 25.3 Å². The number of benzene rings is 1. The van der Waals surface area contributed by atoms with Crippen LogP contribution in [-0.2, 0) is 5.54 Å². The number of rotatable bonds is 1. The highest BCUT2D eigenvalue weighted by Crippen LogP contribution is 2.30. The average molecular weight is 207 g/mol. The molecule has 2 atom stereocenters. The van der Waals surface area contributed by atoms with Gasteiger partial charge in [-0.25, -0.2) is 0 Å². The van der Waals surface area contributed by atoms with Crippen molar-refractivity contribution in [2.75, 3.05) is 6.54 Å². The molecule has 1 saturated heterocycles. The highest BCUT2D eigenvalue weighted by Gasteiger charge is 2.36. The van der Waals surface area contributed by atoms with Crippen molar-refractivity contribution in [2.24, 2.45) is 0 Å². The molecule has 82 valence electrons. The van der Waals surface area contributed by atoms with Crippen LogP contribution >= 0.6 is 0 Å². The Labute approximate surface area is 89.8 Å². The summed E-state index contributed by atoms with van der Waals surface area (Å²) >= 11 is 0. The van der Waals surface area contributed by atoms with Gasteiger partial charge in [-0.2, -0.15) is 0 Å². The van der Waals surface area contributed by atoms with E-state index in [1.54, 1.807) is 12.1 Å². The van der Waals surface area contributed by atoms with E-state index in [-0.39, 0.29) is 17.4 Å².